The van der Waals surface area contributed by atoms with Crippen LogP contribution in [-0.4, -0.2) is 42.8 Å². The number of aliphatic imine (C=N–C) groups is 2. The van der Waals surface area contributed by atoms with E-state index in [4.69, 9.17) is 10.5 Å². The average Bonchev–Trinajstić information content (AvgIpc) is 2.62. The third-order valence-electron chi connectivity index (χ3n) is 3.37. The molecule has 1 aromatic carbocycles. The number of carboxylic acid groups (broad SMARTS) is 1. The van der Waals surface area contributed by atoms with Gasteiger partial charge in [0.2, 0.25) is 0 Å². The number of carbonyl (C=O) groups is 1. The fourth-order valence-electron chi connectivity index (χ4n) is 2.24. The van der Waals surface area contributed by atoms with E-state index in [-0.39, 0.29) is 0 Å². The number of nitrogens with zero attached hydrogens (tertiary/aromatic N) is 2. The highest BCUT2D eigenvalue weighted by Gasteiger charge is 2.15. The number of aliphatic carboxylic acids is 1. The van der Waals surface area contributed by atoms with E-state index in [9.17, 15) is 9.90 Å². The second-order valence-electron chi connectivity index (χ2n) is 5.33. The predicted octanol–water partition coefficient (Wildman–Crippen LogP) is 3.48. The molecule has 0 saturated heterocycles. The highest BCUT2D eigenvalue weighted by Crippen LogP contribution is 2.23. The molecule has 6 heteroatoms. The van der Waals surface area contributed by atoms with E-state index in [0.29, 0.717) is 37.4 Å². The Balaban J connectivity index is 0.00000301. The molecule has 0 spiro atoms. The minimum atomic E-state index is -0.957. The van der Waals surface area contributed by atoms with Crippen molar-refractivity contribution in [3.05, 3.63) is 42.0 Å². The van der Waals surface area contributed by atoms with Gasteiger partial charge in [-0.1, -0.05) is 32.1 Å². The summed E-state index contributed by atoms with van der Waals surface area (Å²) in [6.45, 7) is 9.93. The van der Waals surface area contributed by atoms with Gasteiger partial charge in [-0.3, -0.25) is 9.98 Å². The minimum absolute atomic E-state index is 0.400. The Kier molecular flexibility index (Phi) is 12.3. The SMILES string of the molecule is C=CCc1cccc(C=NC(CCCN=C(C)N)C(=O)O)c1OC.CC. The molecule has 0 heterocycles. The van der Waals surface area contributed by atoms with Crippen LogP contribution in [-0.2, 0) is 11.2 Å². The lowest BCUT2D eigenvalue weighted by atomic mass is 10.1. The van der Waals surface area contributed by atoms with Crippen molar-refractivity contribution in [1.29, 1.82) is 0 Å². The molecule has 1 unspecified atom stereocenters. The molecule has 3 N–H and O–H groups in total. The minimum Gasteiger partial charge on any atom is -0.496 e. The molecular formula is C20H31N3O3. The first-order valence-corrected chi connectivity index (χ1v) is 8.78. The van der Waals surface area contributed by atoms with Crippen molar-refractivity contribution < 1.29 is 14.6 Å². The number of rotatable bonds is 10. The largest absolute Gasteiger partial charge is 0.496 e. The molecule has 0 aliphatic carbocycles. The molecular weight excluding hydrogens is 330 g/mol. The Morgan fingerprint density at radius 1 is 1.42 bits per heavy atom. The highest BCUT2D eigenvalue weighted by molar-refractivity contribution is 5.86. The summed E-state index contributed by atoms with van der Waals surface area (Å²) in [6, 6.07) is 4.86. The number of benzene rings is 1. The number of nitrogens with two attached hydrogens (primary N) is 1. The van der Waals surface area contributed by atoms with Crippen molar-refractivity contribution in [3.63, 3.8) is 0 Å². The van der Waals surface area contributed by atoms with Gasteiger partial charge in [-0.25, -0.2) is 4.79 Å². The lowest BCUT2D eigenvalue weighted by Gasteiger charge is -2.11. The van der Waals surface area contributed by atoms with E-state index in [1.807, 2.05) is 32.0 Å². The molecule has 0 fully saturated rings. The van der Waals surface area contributed by atoms with Crippen molar-refractivity contribution in [3.8, 4) is 5.75 Å². The summed E-state index contributed by atoms with van der Waals surface area (Å²) in [4.78, 5) is 19.6. The molecule has 26 heavy (non-hydrogen) atoms. The van der Waals surface area contributed by atoms with Crippen molar-refractivity contribution >= 4 is 18.0 Å². The Morgan fingerprint density at radius 3 is 2.65 bits per heavy atom. The molecule has 1 atom stereocenters. The fraction of sp³-hybridized carbons (Fsp3) is 0.450. The van der Waals surface area contributed by atoms with Gasteiger partial charge in [-0.15, -0.1) is 6.58 Å². The summed E-state index contributed by atoms with van der Waals surface area (Å²) >= 11 is 0. The first-order chi connectivity index (χ1) is 12.5. The molecule has 1 aromatic rings. The number of methoxy groups -OCH3 is 1. The Bertz CT molecular complexity index is 621. The van der Waals surface area contributed by atoms with E-state index in [1.165, 1.54) is 0 Å². The van der Waals surface area contributed by atoms with Crippen molar-refractivity contribution in [1.82, 2.24) is 0 Å². The summed E-state index contributed by atoms with van der Waals surface area (Å²) in [5.74, 6) is 0.226. The van der Waals surface area contributed by atoms with Gasteiger partial charge < -0.3 is 15.6 Å². The summed E-state index contributed by atoms with van der Waals surface area (Å²) in [7, 11) is 1.58. The summed E-state index contributed by atoms with van der Waals surface area (Å²) in [5, 5.41) is 9.31. The van der Waals surface area contributed by atoms with Crippen LogP contribution in [0.15, 0.2) is 40.8 Å². The van der Waals surface area contributed by atoms with Gasteiger partial charge >= 0.3 is 5.97 Å². The predicted molar refractivity (Wildman–Crippen MR) is 109 cm³/mol. The molecule has 0 radical (unpaired) electrons. The summed E-state index contributed by atoms with van der Waals surface area (Å²) < 4.78 is 5.43. The van der Waals surface area contributed by atoms with E-state index < -0.39 is 12.0 Å². The molecule has 144 valence electrons. The van der Waals surface area contributed by atoms with Crippen LogP contribution in [0.1, 0.15) is 44.7 Å². The van der Waals surface area contributed by atoms with Gasteiger partial charge in [0.05, 0.1) is 12.9 Å². The van der Waals surface area contributed by atoms with E-state index in [0.717, 1.165) is 11.1 Å². The number of amidine groups is 1. The van der Waals surface area contributed by atoms with Crippen LogP contribution >= 0.6 is 0 Å². The maximum absolute atomic E-state index is 11.4. The Morgan fingerprint density at radius 2 is 2.12 bits per heavy atom. The average molecular weight is 361 g/mol. The smallest absolute Gasteiger partial charge is 0.328 e. The third kappa shape index (κ3) is 8.46. The van der Waals surface area contributed by atoms with Gasteiger partial charge in [0.1, 0.15) is 11.8 Å². The summed E-state index contributed by atoms with van der Waals surface area (Å²) in [6.07, 6.45) is 5.03. The van der Waals surface area contributed by atoms with Crippen LogP contribution in [0.3, 0.4) is 0 Å². The molecule has 0 aliphatic heterocycles. The number of allylic oxidation sites excluding steroid dienone is 1. The number of para-hydroxylation sites is 1. The normalized spacial score (nSPS) is 12.2. The van der Waals surface area contributed by atoms with Crippen molar-refractivity contribution in [2.24, 2.45) is 15.7 Å². The maximum atomic E-state index is 11.4. The number of ether oxygens (including phenoxy) is 1. The zero-order valence-electron chi connectivity index (χ0n) is 16.2. The second-order valence-corrected chi connectivity index (χ2v) is 5.33. The third-order valence-corrected chi connectivity index (χ3v) is 3.37. The topological polar surface area (TPSA) is 97.3 Å². The Labute approximate surface area is 156 Å². The molecule has 0 aliphatic rings. The number of carboxylic acids is 1. The van der Waals surface area contributed by atoms with Gasteiger partial charge in [0, 0.05) is 18.3 Å². The monoisotopic (exact) mass is 361 g/mol. The van der Waals surface area contributed by atoms with Crippen LogP contribution in [0.4, 0.5) is 0 Å². The number of hydrogen-bond acceptors (Lipinski definition) is 4. The second kappa shape index (κ2) is 13.6. The zero-order chi connectivity index (χ0) is 19.9. The standard InChI is InChI=1S/C18H25N3O3.C2H6/c1-4-7-14-8-5-9-15(17(14)24-3)12-21-16(18(22)23)10-6-11-20-13(2)19;1-2/h4-5,8-9,12,16H,1,6-7,10-11H2,2-3H3,(H2,19,20)(H,22,23);1-2H3. The molecule has 1 rings (SSSR count). The zero-order valence-corrected chi connectivity index (χ0v) is 16.2. The van der Waals surface area contributed by atoms with Gasteiger partial charge in [0.25, 0.3) is 0 Å². The van der Waals surface area contributed by atoms with Crippen molar-refractivity contribution in [2.45, 2.75) is 46.1 Å². The quantitative estimate of drug-likeness (QED) is 0.288. The maximum Gasteiger partial charge on any atom is 0.328 e. The van der Waals surface area contributed by atoms with Gasteiger partial charge in [-0.05, 0) is 37.8 Å². The summed E-state index contributed by atoms with van der Waals surface area (Å²) in [5.41, 5.74) is 7.19. The van der Waals surface area contributed by atoms with Gasteiger partial charge in [0.15, 0.2) is 0 Å². The highest BCUT2D eigenvalue weighted by atomic mass is 16.5. The van der Waals surface area contributed by atoms with E-state index >= 15 is 0 Å². The van der Waals surface area contributed by atoms with Gasteiger partial charge in [-0.2, -0.15) is 0 Å². The first kappa shape index (κ1) is 23.4. The number of hydrogen-bond donors (Lipinski definition) is 2. The van der Waals surface area contributed by atoms with E-state index in [1.54, 1.807) is 26.3 Å². The molecule has 6 nitrogen and oxygen atoms in total. The first-order valence-electron chi connectivity index (χ1n) is 8.78. The fourth-order valence-corrected chi connectivity index (χ4v) is 2.24. The van der Waals surface area contributed by atoms with Crippen LogP contribution in [0.25, 0.3) is 0 Å². The van der Waals surface area contributed by atoms with Crippen molar-refractivity contribution in [2.75, 3.05) is 13.7 Å². The molecule has 0 aromatic heterocycles. The molecule has 0 saturated carbocycles. The lowest BCUT2D eigenvalue weighted by Crippen LogP contribution is -2.18. The van der Waals surface area contributed by atoms with Crippen LogP contribution in [0.2, 0.25) is 0 Å². The lowest BCUT2D eigenvalue weighted by molar-refractivity contribution is -0.138. The Hall–Kier alpha value is -2.63. The molecule has 0 bridgehead atoms. The van der Waals surface area contributed by atoms with Crippen LogP contribution in [0, 0.1) is 0 Å². The van der Waals surface area contributed by atoms with Crippen LogP contribution < -0.4 is 10.5 Å². The van der Waals surface area contributed by atoms with E-state index in [2.05, 4.69) is 16.6 Å². The molecule has 0 amide bonds. The van der Waals surface area contributed by atoms with Crippen LogP contribution in [0.5, 0.6) is 5.75 Å².